The summed E-state index contributed by atoms with van der Waals surface area (Å²) in [5.41, 5.74) is -0.587. The molecule has 4 atom stereocenters. The molecule has 2 heterocycles. The van der Waals surface area contributed by atoms with Gasteiger partial charge in [0.05, 0.1) is 28.0 Å². The molecule has 2 aliphatic heterocycles. The van der Waals surface area contributed by atoms with E-state index in [4.69, 9.17) is 23.2 Å². The molecule has 228 valence electrons. The standard InChI is InChI=1S/C30H37Cl2F2N5O3/c1-29(2,3)14-24-30(16-40,18-12-22(34)20(32)13-23(18)35-4)26(17-5-6-21(33)19(31)11-17)27(38-24)28(42)37-8-10-39-9-7-36-25(41)15-39/h5-6,11-13,16,24,26-27,35,38H,7-10,14-15H2,1-4H3,(H,36,41)(H,37,42)/t24-,26+,27-,30-/m1/s1. The van der Waals surface area contributed by atoms with Crippen LogP contribution in [0.2, 0.25) is 10.0 Å². The summed E-state index contributed by atoms with van der Waals surface area (Å²) in [6.07, 6.45) is 1.21. The van der Waals surface area contributed by atoms with E-state index in [-0.39, 0.29) is 40.4 Å². The van der Waals surface area contributed by atoms with Crippen molar-refractivity contribution in [1.29, 1.82) is 0 Å². The first kappa shape index (κ1) is 32.1. The number of piperazine rings is 1. The molecule has 12 heteroatoms. The molecule has 0 saturated carbocycles. The second kappa shape index (κ2) is 12.8. The largest absolute Gasteiger partial charge is 0.388 e. The van der Waals surface area contributed by atoms with Crippen molar-refractivity contribution in [3.05, 3.63) is 63.1 Å². The average Bonchev–Trinajstić information content (AvgIpc) is 3.24. The Morgan fingerprint density at radius 2 is 1.88 bits per heavy atom. The van der Waals surface area contributed by atoms with Crippen LogP contribution in [0.3, 0.4) is 0 Å². The second-order valence-electron chi connectivity index (χ2n) is 12.1. The van der Waals surface area contributed by atoms with Crippen molar-refractivity contribution in [2.45, 2.75) is 50.6 Å². The highest BCUT2D eigenvalue weighted by Gasteiger charge is 2.60. The first-order chi connectivity index (χ1) is 19.8. The molecule has 0 bridgehead atoms. The quantitative estimate of drug-likeness (QED) is 0.317. The average molecular weight is 625 g/mol. The van der Waals surface area contributed by atoms with Crippen LogP contribution in [0.25, 0.3) is 0 Å². The zero-order chi connectivity index (χ0) is 30.8. The molecule has 0 radical (unpaired) electrons. The second-order valence-corrected chi connectivity index (χ2v) is 13.0. The Balaban J connectivity index is 1.83. The number of carbonyl (C=O) groups is 3. The number of rotatable bonds is 9. The van der Waals surface area contributed by atoms with E-state index in [1.807, 2.05) is 25.7 Å². The van der Waals surface area contributed by atoms with Crippen molar-refractivity contribution < 1.29 is 23.2 Å². The molecule has 8 nitrogen and oxygen atoms in total. The van der Waals surface area contributed by atoms with E-state index < -0.39 is 35.1 Å². The first-order valence-electron chi connectivity index (χ1n) is 13.9. The van der Waals surface area contributed by atoms with E-state index in [9.17, 15) is 18.8 Å². The molecule has 2 aromatic carbocycles. The van der Waals surface area contributed by atoms with Crippen LogP contribution in [-0.2, 0) is 19.8 Å². The molecule has 0 aliphatic carbocycles. The van der Waals surface area contributed by atoms with Gasteiger partial charge in [-0.05, 0) is 47.2 Å². The lowest BCUT2D eigenvalue weighted by Gasteiger charge is -2.39. The fourth-order valence-corrected chi connectivity index (χ4v) is 6.55. The summed E-state index contributed by atoms with van der Waals surface area (Å²) in [6.45, 7) is 8.19. The van der Waals surface area contributed by atoms with Gasteiger partial charge < -0.3 is 26.1 Å². The van der Waals surface area contributed by atoms with Crippen molar-refractivity contribution in [3.63, 3.8) is 0 Å². The molecule has 4 rings (SSSR count). The van der Waals surface area contributed by atoms with Gasteiger partial charge in [-0.25, -0.2) is 8.78 Å². The SMILES string of the molecule is CNc1cc(Cl)c(F)cc1[C@]1(C=O)[C@@H](CC(C)(C)C)N[C@@H](C(=O)NCCN2CCNC(=O)C2)[C@@H]1c1ccc(F)c(Cl)c1. The summed E-state index contributed by atoms with van der Waals surface area (Å²) in [4.78, 5) is 41.1. The van der Waals surface area contributed by atoms with Crippen LogP contribution in [0, 0.1) is 17.0 Å². The van der Waals surface area contributed by atoms with Crippen molar-refractivity contribution >= 4 is 47.0 Å². The molecule has 0 aromatic heterocycles. The minimum atomic E-state index is -1.48. The molecule has 2 saturated heterocycles. The van der Waals surface area contributed by atoms with E-state index in [1.54, 1.807) is 7.05 Å². The molecule has 2 aliphatic rings. The van der Waals surface area contributed by atoms with Crippen molar-refractivity contribution in [2.24, 2.45) is 5.41 Å². The molecular weight excluding hydrogens is 587 g/mol. The Hall–Kier alpha value is -2.79. The van der Waals surface area contributed by atoms with Gasteiger partial charge in [-0.15, -0.1) is 0 Å². The predicted octanol–water partition coefficient (Wildman–Crippen LogP) is 3.86. The topological polar surface area (TPSA) is 103 Å². The lowest BCUT2D eigenvalue weighted by atomic mass is 9.62. The van der Waals surface area contributed by atoms with Crippen LogP contribution in [0.4, 0.5) is 14.5 Å². The Morgan fingerprint density at radius 1 is 1.17 bits per heavy atom. The van der Waals surface area contributed by atoms with Crippen LogP contribution in [0.1, 0.15) is 44.2 Å². The number of aldehydes is 1. The molecule has 0 unspecified atom stereocenters. The number of nitrogens with one attached hydrogen (secondary N) is 4. The highest BCUT2D eigenvalue weighted by atomic mass is 35.5. The molecule has 2 amide bonds. The van der Waals surface area contributed by atoms with Gasteiger partial charge >= 0.3 is 0 Å². The Kier molecular flexibility index (Phi) is 9.82. The maximum absolute atomic E-state index is 15.1. The van der Waals surface area contributed by atoms with E-state index >= 15 is 4.39 Å². The number of carbonyl (C=O) groups excluding carboxylic acids is 3. The van der Waals surface area contributed by atoms with Crippen LogP contribution in [0.5, 0.6) is 0 Å². The summed E-state index contributed by atoms with van der Waals surface area (Å²) in [5, 5.41) is 11.9. The zero-order valence-electron chi connectivity index (χ0n) is 24.1. The smallest absolute Gasteiger partial charge is 0.237 e. The van der Waals surface area contributed by atoms with Crippen LogP contribution in [0.15, 0.2) is 30.3 Å². The number of nitrogens with zero attached hydrogens (tertiary/aromatic N) is 1. The van der Waals surface area contributed by atoms with Gasteiger partial charge in [-0.1, -0.05) is 50.0 Å². The molecule has 42 heavy (non-hydrogen) atoms. The molecule has 2 fully saturated rings. The summed E-state index contributed by atoms with van der Waals surface area (Å²) in [5.74, 6) is -2.71. The number of halogens is 4. The number of hydrogen-bond donors (Lipinski definition) is 4. The van der Waals surface area contributed by atoms with Gasteiger partial charge in [0.1, 0.15) is 17.9 Å². The Bertz CT molecular complexity index is 1350. The van der Waals surface area contributed by atoms with Crippen molar-refractivity contribution in [2.75, 3.05) is 45.1 Å². The van der Waals surface area contributed by atoms with Gasteiger partial charge in [0.2, 0.25) is 11.8 Å². The minimum Gasteiger partial charge on any atom is -0.388 e. The highest BCUT2D eigenvalue weighted by Crippen LogP contribution is 2.52. The molecule has 2 aromatic rings. The first-order valence-corrected chi connectivity index (χ1v) is 14.7. The van der Waals surface area contributed by atoms with Gasteiger partial charge in [0, 0.05) is 50.9 Å². The Morgan fingerprint density at radius 3 is 2.50 bits per heavy atom. The van der Waals surface area contributed by atoms with Gasteiger partial charge in [0.25, 0.3) is 0 Å². The third-order valence-electron chi connectivity index (χ3n) is 8.04. The number of benzene rings is 2. The van der Waals surface area contributed by atoms with E-state index in [2.05, 4.69) is 21.3 Å². The summed E-state index contributed by atoms with van der Waals surface area (Å²) < 4.78 is 29.4. The molecule has 4 N–H and O–H groups in total. The fraction of sp³-hybridized carbons (Fsp3) is 0.500. The highest BCUT2D eigenvalue weighted by molar-refractivity contribution is 6.31. The maximum Gasteiger partial charge on any atom is 0.237 e. The minimum absolute atomic E-state index is 0.0744. The third kappa shape index (κ3) is 6.56. The molecule has 0 spiro atoms. The van der Waals surface area contributed by atoms with Crippen LogP contribution in [-0.4, -0.2) is 74.9 Å². The zero-order valence-corrected chi connectivity index (χ0v) is 25.6. The fourth-order valence-electron chi connectivity index (χ4n) is 6.20. The monoisotopic (exact) mass is 623 g/mol. The number of hydrogen-bond acceptors (Lipinski definition) is 6. The normalized spacial score (nSPS) is 24.8. The predicted molar refractivity (Wildman–Crippen MR) is 160 cm³/mol. The molecular formula is C30H37Cl2F2N5O3. The Labute approximate surface area is 254 Å². The maximum atomic E-state index is 15.1. The lowest BCUT2D eigenvalue weighted by Crippen LogP contribution is -2.51. The number of amides is 2. The summed E-state index contributed by atoms with van der Waals surface area (Å²) in [6, 6.07) is 5.18. The van der Waals surface area contributed by atoms with E-state index in [0.717, 1.165) is 6.29 Å². The van der Waals surface area contributed by atoms with Gasteiger partial charge in [0.15, 0.2) is 0 Å². The summed E-state index contributed by atoms with van der Waals surface area (Å²) >= 11 is 12.4. The van der Waals surface area contributed by atoms with Crippen molar-refractivity contribution in [1.82, 2.24) is 20.9 Å². The summed E-state index contributed by atoms with van der Waals surface area (Å²) in [7, 11) is 1.64. The van der Waals surface area contributed by atoms with Gasteiger partial charge in [-0.2, -0.15) is 0 Å². The third-order valence-corrected chi connectivity index (χ3v) is 8.62. The van der Waals surface area contributed by atoms with Gasteiger partial charge in [-0.3, -0.25) is 14.5 Å². The van der Waals surface area contributed by atoms with Crippen molar-refractivity contribution in [3.8, 4) is 0 Å². The van der Waals surface area contributed by atoms with E-state index in [1.165, 1.54) is 30.3 Å². The number of anilines is 1. The van der Waals surface area contributed by atoms with Crippen LogP contribution >= 0.6 is 23.2 Å². The van der Waals surface area contributed by atoms with Crippen LogP contribution < -0.4 is 21.3 Å². The van der Waals surface area contributed by atoms with E-state index in [0.29, 0.717) is 42.9 Å². The lowest BCUT2D eigenvalue weighted by molar-refractivity contribution is -0.124.